The van der Waals surface area contributed by atoms with E-state index < -0.39 is 4.92 Å². The smallest absolute Gasteiger partial charge is 0.269 e. The molecule has 0 unspecified atom stereocenters. The summed E-state index contributed by atoms with van der Waals surface area (Å²) >= 11 is 6.23. The van der Waals surface area contributed by atoms with Crippen LogP contribution in [0.25, 0.3) is 11.5 Å². The third-order valence-electron chi connectivity index (χ3n) is 4.01. The van der Waals surface area contributed by atoms with E-state index in [4.69, 9.17) is 16.0 Å². The van der Waals surface area contributed by atoms with E-state index in [1.54, 1.807) is 12.1 Å². The van der Waals surface area contributed by atoms with Crippen LogP contribution in [-0.4, -0.2) is 15.1 Å². The fourth-order valence-electron chi connectivity index (χ4n) is 2.61. The third-order valence-corrected chi connectivity index (χ3v) is 4.35. The van der Waals surface area contributed by atoms with Gasteiger partial charge in [0.25, 0.3) is 5.69 Å². The van der Waals surface area contributed by atoms with Crippen molar-refractivity contribution in [3.8, 4) is 11.5 Å². The van der Waals surface area contributed by atoms with Gasteiger partial charge in [-0.1, -0.05) is 29.8 Å². The molecule has 0 bridgehead atoms. The Morgan fingerprint density at radius 3 is 2.42 bits per heavy atom. The number of halogens is 1. The van der Waals surface area contributed by atoms with Crippen molar-refractivity contribution in [2.24, 2.45) is 0 Å². The molecule has 3 aromatic rings. The summed E-state index contributed by atoms with van der Waals surface area (Å²) in [6, 6.07) is 13.4. The highest BCUT2D eigenvalue weighted by atomic mass is 35.5. The lowest BCUT2D eigenvalue weighted by Gasteiger charge is -2.18. The van der Waals surface area contributed by atoms with E-state index in [9.17, 15) is 10.1 Å². The molecule has 0 spiro atoms. The average Bonchev–Trinajstić information content (AvgIpc) is 3.12. The van der Waals surface area contributed by atoms with Crippen LogP contribution in [0.4, 0.5) is 5.69 Å². The number of nitro groups is 1. The van der Waals surface area contributed by atoms with E-state index >= 15 is 0 Å². The van der Waals surface area contributed by atoms with Crippen molar-refractivity contribution in [2.75, 3.05) is 0 Å². The predicted octanol–water partition coefficient (Wildman–Crippen LogP) is 4.71. The molecule has 2 aromatic carbocycles. The zero-order chi connectivity index (χ0) is 18.7. The van der Waals surface area contributed by atoms with Crippen molar-refractivity contribution in [2.45, 2.75) is 25.9 Å². The zero-order valence-corrected chi connectivity index (χ0v) is 15.0. The largest absolute Gasteiger partial charge is 0.419 e. The zero-order valence-electron chi connectivity index (χ0n) is 14.2. The molecule has 2 atom stereocenters. The van der Waals surface area contributed by atoms with E-state index in [0.29, 0.717) is 22.4 Å². The Labute approximate surface area is 155 Å². The van der Waals surface area contributed by atoms with Gasteiger partial charge in [-0.2, -0.15) is 0 Å². The lowest BCUT2D eigenvalue weighted by Crippen LogP contribution is -2.23. The number of nitro benzene ring substituents is 1. The summed E-state index contributed by atoms with van der Waals surface area (Å²) in [5, 5.41) is 22.9. The first-order valence-corrected chi connectivity index (χ1v) is 8.42. The molecule has 0 amide bonds. The Morgan fingerprint density at radius 2 is 1.77 bits per heavy atom. The number of nitrogens with one attached hydrogen (secondary N) is 1. The number of aromatic nitrogens is 2. The lowest BCUT2D eigenvalue weighted by atomic mass is 10.1. The minimum Gasteiger partial charge on any atom is -0.419 e. The van der Waals surface area contributed by atoms with Gasteiger partial charge >= 0.3 is 0 Å². The minimum atomic E-state index is -0.453. The van der Waals surface area contributed by atoms with Gasteiger partial charge in [0, 0.05) is 28.8 Å². The van der Waals surface area contributed by atoms with E-state index in [0.717, 1.165) is 5.56 Å². The molecule has 0 aliphatic rings. The van der Waals surface area contributed by atoms with Crippen molar-refractivity contribution in [1.29, 1.82) is 0 Å². The Hall–Kier alpha value is -2.77. The van der Waals surface area contributed by atoms with Crippen LogP contribution in [0.1, 0.15) is 37.4 Å². The molecule has 3 rings (SSSR count). The molecule has 0 saturated carbocycles. The number of hydrogen-bond donors (Lipinski definition) is 1. The van der Waals surface area contributed by atoms with Crippen LogP contribution >= 0.6 is 11.6 Å². The highest BCUT2D eigenvalue weighted by Gasteiger charge is 2.19. The first-order valence-electron chi connectivity index (χ1n) is 8.04. The summed E-state index contributed by atoms with van der Waals surface area (Å²) in [4.78, 5) is 10.3. The van der Waals surface area contributed by atoms with Gasteiger partial charge in [0.15, 0.2) is 0 Å². The lowest BCUT2D eigenvalue weighted by molar-refractivity contribution is -0.384. The van der Waals surface area contributed by atoms with Crippen molar-refractivity contribution in [3.05, 3.63) is 75.1 Å². The van der Waals surface area contributed by atoms with Crippen molar-refractivity contribution in [1.82, 2.24) is 15.5 Å². The van der Waals surface area contributed by atoms with Crippen LogP contribution in [0.5, 0.6) is 0 Å². The highest BCUT2D eigenvalue weighted by molar-refractivity contribution is 6.31. The van der Waals surface area contributed by atoms with E-state index in [-0.39, 0.29) is 17.8 Å². The summed E-state index contributed by atoms with van der Waals surface area (Å²) in [6.45, 7) is 3.92. The van der Waals surface area contributed by atoms with Crippen LogP contribution in [0, 0.1) is 10.1 Å². The second kappa shape index (κ2) is 7.63. The van der Waals surface area contributed by atoms with Gasteiger partial charge in [0.2, 0.25) is 11.8 Å². The second-order valence-electron chi connectivity index (χ2n) is 5.88. The Balaban J connectivity index is 1.72. The monoisotopic (exact) mass is 372 g/mol. The maximum Gasteiger partial charge on any atom is 0.269 e. The van der Waals surface area contributed by atoms with Crippen LogP contribution in [0.15, 0.2) is 52.9 Å². The van der Waals surface area contributed by atoms with Crippen molar-refractivity contribution in [3.63, 3.8) is 0 Å². The van der Waals surface area contributed by atoms with Crippen LogP contribution in [0.2, 0.25) is 5.02 Å². The van der Waals surface area contributed by atoms with E-state index in [1.165, 1.54) is 12.1 Å². The van der Waals surface area contributed by atoms with Gasteiger partial charge in [-0.25, -0.2) is 0 Å². The van der Waals surface area contributed by atoms with Crippen molar-refractivity contribution < 1.29 is 9.34 Å². The Morgan fingerprint density at radius 1 is 1.08 bits per heavy atom. The fourth-order valence-corrected chi connectivity index (χ4v) is 2.91. The summed E-state index contributed by atoms with van der Waals surface area (Å²) in [5.74, 6) is 0.742. The van der Waals surface area contributed by atoms with Gasteiger partial charge in [0.1, 0.15) is 0 Å². The van der Waals surface area contributed by atoms with Crippen LogP contribution < -0.4 is 5.32 Å². The molecule has 0 aliphatic carbocycles. The molecule has 0 radical (unpaired) electrons. The molecular formula is C18H17ClN4O3. The van der Waals surface area contributed by atoms with Gasteiger partial charge in [0.05, 0.1) is 11.0 Å². The molecule has 8 heteroatoms. The predicted molar refractivity (Wildman–Crippen MR) is 97.8 cm³/mol. The molecule has 26 heavy (non-hydrogen) atoms. The summed E-state index contributed by atoms with van der Waals surface area (Å²) in [6.07, 6.45) is 0. The van der Waals surface area contributed by atoms with Crippen LogP contribution in [0.3, 0.4) is 0 Å². The molecule has 1 heterocycles. The van der Waals surface area contributed by atoms with E-state index in [1.807, 2.05) is 38.1 Å². The van der Waals surface area contributed by atoms with E-state index in [2.05, 4.69) is 15.5 Å². The number of rotatable bonds is 6. The fraction of sp³-hybridized carbons (Fsp3) is 0.222. The maximum absolute atomic E-state index is 10.7. The number of nitrogens with zero attached hydrogens (tertiary/aromatic N) is 3. The summed E-state index contributed by atoms with van der Waals surface area (Å²) in [7, 11) is 0. The summed E-state index contributed by atoms with van der Waals surface area (Å²) in [5.41, 5.74) is 1.62. The number of hydrogen-bond acceptors (Lipinski definition) is 6. The molecule has 0 aliphatic heterocycles. The van der Waals surface area contributed by atoms with Gasteiger partial charge in [-0.15, -0.1) is 10.2 Å². The molecule has 0 saturated heterocycles. The minimum absolute atomic E-state index is 0.00609. The molecule has 1 aromatic heterocycles. The standard InChI is InChI=1S/C18H17ClN4O3/c1-11(15-5-3-4-6-16(15)19)20-12(2)17-21-22-18(26-17)13-7-9-14(10-8-13)23(24)25/h3-12,20H,1-2H3/t11-,12+/m1/s1. The quantitative estimate of drug-likeness (QED) is 0.497. The van der Waals surface area contributed by atoms with Crippen molar-refractivity contribution >= 4 is 17.3 Å². The molecular weight excluding hydrogens is 356 g/mol. The first-order chi connectivity index (χ1) is 12.5. The number of benzene rings is 2. The van der Waals surface area contributed by atoms with Gasteiger partial charge in [-0.05, 0) is 37.6 Å². The third kappa shape index (κ3) is 3.89. The molecule has 134 valence electrons. The first kappa shape index (κ1) is 18.0. The summed E-state index contributed by atoms with van der Waals surface area (Å²) < 4.78 is 5.71. The Bertz CT molecular complexity index is 911. The highest BCUT2D eigenvalue weighted by Crippen LogP contribution is 2.26. The average molecular weight is 373 g/mol. The normalized spacial score (nSPS) is 13.3. The van der Waals surface area contributed by atoms with Crippen LogP contribution in [-0.2, 0) is 0 Å². The maximum atomic E-state index is 10.7. The topological polar surface area (TPSA) is 94.1 Å². The Kier molecular flexibility index (Phi) is 5.29. The van der Waals surface area contributed by atoms with Gasteiger partial charge < -0.3 is 4.42 Å². The molecule has 7 nitrogen and oxygen atoms in total. The SMILES string of the molecule is C[C@H](N[C@H](C)c1ccccc1Cl)c1nnc(-c2ccc([N+](=O)[O-])cc2)o1. The molecule has 1 N–H and O–H groups in total. The number of non-ortho nitro benzene ring substituents is 1. The van der Waals surface area contributed by atoms with Gasteiger partial charge in [-0.3, -0.25) is 15.4 Å². The molecule has 0 fully saturated rings. The second-order valence-corrected chi connectivity index (χ2v) is 6.29.